The average Bonchev–Trinajstić information content (AvgIpc) is 3.31. The molecule has 1 amide bonds. The molecule has 3 rings (SSSR count). The van der Waals surface area contributed by atoms with Gasteiger partial charge in [-0.3, -0.25) is 4.79 Å². The van der Waals surface area contributed by atoms with E-state index in [0.29, 0.717) is 25.8 Å². The Bertz CT molecular complexity index is 497. The van der Waals surface area contributed by atoms with Crippen LogP contribution in [0.25, 0.3) is 0 Å². The standard InChI is InChI=1S/C16H22N2O3/c1-11(19)12-2-6-14(7-3-12)18-8-9-21-10-15(18)16(20)17-13-4-5-13/h2-3,6-7,11,13,15,19H,4-5,8-10H2,1H3,(H,17,20)/t11-,15?/m1/s1. The van der Waals surface area contributed by atoms with Crippen LogP contribution in [0.4, 0.5) is 5.69 Å². The fourth-order valence-corrected chi connectivity index (χ4v) is 2.60. The zero-order valence-corrected chi connectivity index (χ0v) is 12.3. The first kappa shape index (κ1) is 14.4. The number of amides is 1. The molecule has 1 heterocycles. The second-order valence-corrected chi connectivity index (χ2v) is 5.83. The molecule has 114 valence electrons. The lowest BCUT2D eigenvalue weighted by atomic mass is 10.1. The first-order valence-corrected chi connectivity index (χ1v) is 7.58. The van der Waals surface area contributed by atoms with Gasteiger partial charge in [0.2, 0.25) is 5.91 Å². The second kappa shape index (κ2) is 6.03. The van der Waals surface area contributed by atoms with Gasteiger partial charge >= 0.3 is 0 Å². The van der Waals surface area contributed by atoms with Crippen molar-refractivity contribution in [2.75, 3.05) is 24.7 Å². The molecule has 2 atom stereocenters. The van der Waals surface area contributed by atoms with Crippen molar-refractivity contribution < 1.29 is 14.6 Å². The van der Waals surface area contributed by atoms with Crippen LogP contribution in [0.1, 0.15) is 31.4 Å². The van der Waals surface area contributed by atoms with E-state index in [-0.39, 0.29) is 11.9 Å². The molecule has 5 heteroatoms. The number of morpholine rings is 1. The van der Waals surface area contributed by atoms with Gasteiger partial charge in [0.05, 0.1) is 19.3 Å². The van der Waals surface area contributed by atoms with E-state index in [1.165, 1.54) is 0 Å². The van der Waals surface area contributed by atoms with Crippen LogP contribution in [-0.2, 0) is 9.53 Å². The third kappa shape index (κ3) is 3.36. The molecule has 5 nitrogen and oxygen atoms in total. The smallest absolute Gasteiger partial charge is 0.245 e. The molecule has 0 radical (unpaired) electrons. The maximum atomic E-state index is 12.3. The second-order valence-electron chi connectivity index (χ2n) is 5.83. The van der Waals surface area contributed by atoms with Crippen molar-refractivity contribution >= 4 is 11.6 Å². The van der Waals surface area contributed by atoms with Crippen molar-refractivity contribution in [3.63, 3.8) is 0 Å². The number of ether oxygens (including phenoxy) is 1. The van der Waals surface area contributed by atoms with Crippen molar-refractivity contribution in [1.29, 1.82) is 0 Å². The summed E-state index contributed by atoms with van der Waals surface area (Å²) in [6, 6.07) is 7.84. The number of hydrogen-bond acceptors (Lipinski definition) is 4. The SMILES string of the molecule is C[C@@H](O)c1ccc(N2CCOCC2C(=O)NC2CC2)cc1. The van der Waals surface area contributed by atoms with Crippen molar-refractivity contribution in [2.24, 2.45) is 0 Å². The largest absolute Gasteiger partial charge is 0.389 e. The summed E-state index contributed by atoms with van der Waals surface area (Å²) in [6.45, 7) is 3.51. The van der Waals surface area contributed by atoms with E-state index >= 15 is 0 Å². The summed E-state index contributed by atoms with van der Waals surface area (Å²) in [5.41, 5.74) is 1.88. The molecule has 1 aromatic carbocycles. The van der Waals surface area contributed by atoms with Crippen LogP contribution < -0.4 is 10.2 Å². The van der Waals surface area contributed by atoms with Gasteiger partial charge in [0.1, 0.15) is 6.04 Å². The number of aliphatic hydroxyl groups is 1. The Labute approximate surface area is 124 Å². The van der Waals surface area contributed by atoms with Gasteiger partial charge in [0.15, 0.2) is 0 Å². The van der Waals surface area contributed by atoms with Crippen LogP contribution in [0.15, 0.2) is 24.3 Å². The Balaban J connectivity index is 1.74. The minimum Gasteiger partial charge on any atom is -0.389 e. The van der Waals surface area contributed by atoms with Crippen molar-refractivity contribution in [3.8, 4) is 0 Å². The third-order valence-electron chi connectivity index (χ3n) is 4.06. The molecule has 1 saturated heterocycles. The van der Waals surface area contributed by atoms with E-state index in [0.717, 1.165) is 24.1 Å². The molecule has 1 aliphatic heterocycles. The Kier molecular flexibility index (Phi) is 4.12. The summed E-state index contributed by atoms with van der Waals surface area (Å²) in [7, 11) is 0. The average molecular weight is 290 g/mol. The lowest BCUT2D eigenvalue weighted by Gasteiger charge is -2.36. The monoisotopic (exact) mass is 290 g/mol. The van der Waals surface area contributed by atoms with Crippen molar-refractivity contribution in [1.82, 2.24) is 5.32 Å². The van der Waals surface area contributed by atoms with Gasteiger partial charge in [-0.2, -0.15) is 0 Å². The quantitative estimate of drug-likeness (QED) is 0.875. The number of hydrogen-bond donors (Lipinski definition) is 2. The van der Waals surface area contributed by atoms with Crippen molar-refractivity contribution in [3.05, 3.63) is 29.8 Å². The first-order valence-electron chi connectivity index (χ1n) is 7.58. The molecular formula is C16H22N2O3. The zero-order valence-electron chi connectivity index (χ0n) is 12.3. The summed E-state index contributed by atoms with van der Waals surface area (Å²) in [6.07, 6.45) is 1.70. The molecular weight excluding hydrogens is 268 g/mol. The topological polar surface area (TPSA) is 61.8 Å². The molecule has 0 aromatic heterocycles. The van der Waals surface area contributed by atoms with E-state index in [4.69, 9.17) is 4.74 Å². The number of aliphatic hydroxyl groups excluding tert-OH is 1. The van der Waals surface area contributed by atoms with Crippen molar-refractivity contribution in [2.45, 2.75) is 38.0 Å². The van der Waals surface area contributed by atoms with Crippen LogP contribution in [-0.4, -0.2) is 42.9 Å². The van der Waals surface area contributed by atoms with Crippen LogP contribution in [0.5, 0.6) is 0 Å². The lowest BCUT2D eigenvalue weighted by Crippen LogP contribution is -2.54. The Hall–Kier alpha value is -1.59. The summed E-state index contributed by atoms with van der Waals surface area (Å²) in [5.74, 6) is 0.0526. The third-order valence-corrected chi connectivity index (χ3v) is 4.06. The lowest BCUT2D eigenvalue weighted by molar-refractivity contribution is -0.124. The molecule has 2 N–H and O–H groups in total. The van der Waals surface area contributed by atoms with Gasteiger partial charge < -0.3 is 20.1 Å². The molecule has 1 aromatic rings. The molecule has 0 spiro atoms. The number of nitrogens with one attached hydrogen (secondary N) is 1. The highest BCUT2D eigenvalue weighted by Gasteiger charge is 2.33. The van der Waals surface area contributed by atoms with Gasteiger partial charge in [-0.15, -0.1) is 0 Å². The molecule has 2 fully saturated rings. The molecule has 21 heavy (non-hydrogen) atoms. The maximum Gasteiger partial charge on any atom is 0.245 e. The zero-order chi connectivity index (χ0) is 14.8. The summed E-state index contributed by atoms with van der Waals surface area (Å²) >= 11 is 0. The molecule has 1 aliphatic carbocycles. The van der Waals surface area contributed by atoms with Gasteiger partial charge in [-0.1, -0.05) is 12.1 Å². The predicted octanol–water partition coefficient (Wildman–Crippen LogP) is 1.22. The molecule has 1 unspecified atom stereocenters. The summed E-state index contributed by atoms with van der Waals surface area (Å²) < 4.78 is 5.48. The van der Waals surface area contributed by atoms with E-state index in [9.17, 15) is 9.90 Å². The number of carbonyl (C=O) groups excluding carboxylic acids is 1. The van der Waals surface area contributed by atoms with Gasteiger partial charge in [0, 0.05) is 18.3 Å². The number of benzene rings is 1. The minimum absolute atomic E-state index is 0.0526. The molecule has 2 aliphatic rings. The highest BCUT2D eigenvalue weighted by Crippen LogP contribution is 2.24. The molecule has 1 saturated carbocycles. The number of carbonyl (C=O) groups is 1. The van der Waals surface area contributed by atoms with Gasteiger partial charge in [-0.05, 0) is 37.5 Å². The highest BCUT2D eigenvalue weighted by molar-refractivity contribution is 5.86. The van der Waals surface area contributed by atoms with E-state index < -0.39 is 6.10 Å². The van der Waals surface area contributed by atoms with Crippen LogP contribution in [0.2, 0.25) is 0 Å². The normalized spacial score (nSPS) is 23.7. The number of anilines is 1. The summed E-state index contributed by atoms with van der Waals surface area (Å²) in [4.78, 5) is 14.4. The Morgan fingerprint density at radius 2 is 2.10 bits per heavy atom. The minimum atomic E-state index is -0.474. The number of rotatable bonds is 4. The van der Waals surface area contributed by atoms with Gasteiger partial charge in [-0.25, -0.2) is 0 Å². The van der Waals surface area contributed by atoms with E-state index in [1.54, 1.807) is 6.92 Å². The number of nitrogens with zero attached hydrogens (tertiary/aromatic N) is 1. The fourth-order valence-electron chi connectivity index (χ4n) is 2.60. The van der Waals surface area contributed by atoms with E-state index in [2.05, 4.69) is 10.2 Å². The maximum absolute atomic E-state index is 12.3. The van der Waals surface area contributed by atoms with E-state index in [1.807, 2.05) is 24.3 Å². The predicted molar refractivity (Wildman–Crippen MR) is 80.2 cm³/mol. The Morgan fingerprint density at radius 1 is 1.38 bits per heavy atom. The van der Waals surface area contributed by atoms with Crippen LogP contribution >= 0.6 is 0 Å². The van der Waals surface area contributed by atoms with Gasteiger partial charge in [0.25, 0.3) is 0 Å². The summed E-state index contributed by atoms with van der Waals surface area (Å²) in [5, 5.41) is 12.6. The Morgan fingerprint density at radius 3 is 2.71 bits per heavy atom. The fraction of sp³-hybridized carbons (Fsp3) is 0.562. The van der Waals surface area contributed by atoms with Crippen LogP contribution in [0, 0.1) is 0 Å². The molecule has 0 bridgehead atoms. The highest BCUT2D eigenvalue weighted by atomic mass is 16.5. The van der Waals surface area contributed by atoms with Crippen LogP contribution in [0.3, 0.4) is 0 Å². The first-order chi connectivity index (χ1) is 10.1.